The van der Waals surface area contributed by atoms with Crippen molar-refractivity contribution in [2.24, 2.45) is 40.9 Å². The predicted molar refractivity (Wildman–Crippen MR) is 551 cm³/mol. The molecule has 0 aliphatic heterocycles. The Balaban J connectivity index is 0.000000247. The molecule has 0 atom stereocenters. The first-order chi connectivity index (χ1) is 62.4. The molecule has 0 radical (unpaired) electrons. The number of hydrogen-bond donors (Lipinski definition) is 4. The lowest BCUT2D eigenvalue weighted by molar-refractivity contribution is -0.117. The van der Waals surface area contributed by atoms with E-state index in [0.717, 1.165) is 210 Å². The normalized spacial score (nSPS) is 11.4. The summed E-state index contributed by atoms with van der Waals surface area (Å²) in [7, 11) is 0. The summed E-state index contributed by atoms with van der Waals surface area (Å²) in [5.74, 6) is 0.857. The van der Waals surface area contributed by atoms with Gasteiger partial charge in [0, 0.05) is 77.1 Å². The number of hydrogen-bond acceptors (Lipinski definition) is 19. The smallest absolute Gasteiger partial charge is 0.224 e. The highest BCUT2D eigenvalue weighted by atomic mass is 127. The number of nitrogens with one attached hydrogen (secondary N) is 1. The Bertz CT molecular complexity index is 5190. The number of nitrogens with zero attached hydrogens (tertiary/aromatic N) is 8. The largest absolute Gasteiger partial charge is 0.399 e. The highest BCUT2D eigenvalue weighted by molar-refractivity contribution is 14.1. The van der Waals surface area contributed by atoms with Crippen LogP contribution in [-0.2, 0) is 70.5 Å². The van der Waals surface area contributed by atoms with E-state index in [1.807, 2.05) is 152 Å². The molecule has 20 nitrogen and oxygen atoms in total. The number of Topliss-reactive ketones (excluding diaryl/α,β-unsaturated/α-hetero) is 5. The second-order valence-electron chi connectivity index (χ2n) is 31.7. The molecule has 0 saturated heterocycles. The zero-order valence-electron chi connectivity index (χ0n) is 75.0. The number of nitrogen functional groups attached to an aromatic ring is 3. The van der Waals surface area contributed by atoms with Crippen molar-refractivity contribution in [2.45, 2.75) is 235 Å². The Hall–Kier alpha value is -10.8. The monoisotopic (exact) mass is 2020 g/mol. The van der Waals surface area contributed by atoms with Crippen molar-refractivity contribution in [3.63, 3.8) is 0 Å². The van der Waals surface area contributed by atoms with Gasteiger partial charge in [-0.1, -0.05) is 236 Å². The lowest BCUT2D eigenvalue weighted by Crippen LogP contribution is -2.20. The number of aryl methyl sites for hydroxylation is 3. The van der Waals surface area contributed by atoms with Crippen molar-refractivity contribution < 1.29 is 38.4 Å². The van der Waals surface area contributed by atoms with Crippen LogP contribution in [0.3, 0.4) is 0 Å². The highest BCUT2D eigenvalue weighted by Crippen LogP contribution is 2.34. The van der Waals surface area contributed by atoms with Crippen LogP contribution in [0.15, 0.2) is 259 Å². The fourth-order valence-corrected chi connectivity index (χ4v) is 15.0. The standard InChI is InChI=1S/C28H39N3O2.C26H24N2O2.C14H15N3.C13H22Cl2O2.C12H10I2O2.C12H12N4.CH4/c1-3-24-15-17-26(18-16-24)30-31-27-21-19-25(20-22-27)29-28(33)14-12-10-8-6-4-5-7-9-11-13-23(2)32;1-3-18-4-8-20(9-5-18)27-28-21-10-6-19(7-11-21)16-26(30)25-15-12-22(17(2)29)23-13-14-24(23)25;1-2-11-3-7-13(8-4-11)16-17-14-9-5-12(15)6-10-14;14-12(16)10-8-6-4-2-1-3-5-7-9-11-13(15)17;13-5-11(15)9-3-4-10(12(16)6-14)8-2-1-7(8)9;13-9-1-5-11(6-2-9)15-16-12-7-3-10(14)4-8-12;/h15-22H,3-14H2,1-2H3,(H,29,33);4-12,15H,3,13-14,16H2,1-2H3;3-10H,2,15H2,1H3;1-11H2;3-4H,1-2,5-6H2;1-8H,13-14H2;1H4. The molecule has 1 amide bonds. The molecular weight excluding hydrogens is 1890 g/mol. The lowest BCUT2D eigenvalue weighted by Gasteiger charge is -2.24. The van der Waals surface area contributed by atoms with Gasteiger partial charge < -0.3 is 27.3 Å². The van der Waals surface area contributed by atoms with Crippen LogP contribution in [0.2, 0.25) is 0 Å². The van der Waals surface area contributed by atoms with Crippen LogP contribution in [0.1, 0.15) is 269 Å². The summed E-state index contributed by atoms with van der Waals surface area (Å²) < 4.78 is 1.01. The first kappa shape index (κ1) is 108. The molecule has 7 N–H and O–H groups in total. The number of azo groups is 4. The SMILES string of the molecule is C.CCc1ccc(N=Nc2ccc(CC(=O)c3ccc(C(C)=O)c4c3CC4)cc2)cc1.CCc1ccc(N=Nc2ccc(N)cc2)cc1.CCc1ccc(N=Nc2ccc(NC(=O)CCCCCCCCCCCC(C)=O)cc2)cc1.Nc1ccc(N=Nc2ccc(N)cc2)cc1.O=C(CI)c1ccc(C(=O)CI)c2c1CC2.O=C(Cl)CCCCCCCCCCCC(=O)Cl. The third kappa shape index (κ3) is 41.5. The fraction of sp³-hybridized carbons (Fsp3) is 0.358. The van der Waals surface area contributed by atoms with Crippen LogP contribution in [-0.4, -0.2) is 54.2 Å². The summed E-state index contributed by atoms with van der Waals surface area (Å²) in [5.41, 5.74) is 38.3. The fourth-order valence-electron chi connectivity index (χ4n) is 13.9. The zero-order chi connectivity index (χ0) is 92.9. The zero-order valence-corrected chi connectivity index (χ0v) is 80.8. The van der Waals surface area contributed by atoms with E-state index in [-0.39, 0.29) is 47.0 Å². The number of halogens is 4. The van der Waals surface area contributed by atoms with Crippen LogP contribution in [0.25, 0.3) is 0 Å². The van der Waals surface area contributed by atoms with Gasteiger partial charge in [-0.15, -0.1) is 0 Å². The minimum atomic E-state index is -0.223. The van der Waals surface area contributed by atoms with E-state index in [4.69, 9.17) is 40.4 Å². The molecule has 686 valence electrons. The molecule has 0 fully saturated rings. The Morgan fingerprint density at radius 1 is 0.300 bits per heavy atom. The van der Waals surface area contributed by atoms with Gasteiger partial charge in [0.2, 0.25) is 16.4 Å². The number of amides is 1. The van der Waals surface area contributed by atoms with E-state index >= 15 is 0 Å². The molecule has 130 heavy (non-hydrogen) atoms. The minimum Gasteiger partial charge on any atom is -0.399 e. The van der Waals surface area contributed by atoms with Crippen molar-refractivity contribution in [2.75, 3.05) is 31.4 Å². The van der Waals surface area contributed by atoms with Crippen molar-refractivity contribution in [1.29, 1.82) is 0 Å². The molecule has 12 rings (SSSR count). The number of carbonyl (C=O) groups is 8. The number of rotatable bonds is 44. The van der Waals surface area contributed by atoms with Gasteiger partial charge in [0.05, 0.1) is 54.4 Å². The molecule has 10 aromatic carbocycles. The molecule has 0 spiro atoms. The molecular formula is C106H126Cl2I2N12O8. The summed E-state index contributed by atoms with van der Waals surface area (Å²) in [4.78, 5) is 91.9. The molecule has 0 unspecified atom stereocenters. The highest BCUT2D eigenvalue weighted by Gasteiger charge is 2.27. The van der Waals surface area contributed by atoms with E-state index < -0.39 is 0 Å². The molecule has 0 aromatic heterocycles. The molecule has 0 saturated carbocycles. The summed E-state index contributed by atoms with van der Waals surface area (Å²) in [5, 5.41) is 36.1. The number of ketones is 5. The van der Waals surface area contributed by atoms with Gasteiger partial charge in [-0.25, -0.2) is 0 Å². The lowest BCUT2D eigenvalue weighted by atomic mass is 9.79. The summed E-state index contributed by atoms with van der Waals surface area (Å²) in [6.07, 6.45) is 29.8. The van der Waals surface area contributed by atoms with E-state index in [1.165, 1.54) is 80.9 Å². The second-order valence-corrected chi connectivity index (χ2v) is 34.0. The van der Waals surface area contributed by atoms with Gasteiger partial charge in [-0.05, 0) is 298 Å². The van der Waals surface area contributed by atoms with Crippen LogP contribution >= 0.6 is 68.4 Å². The molecule has 24 heteroatoms. The van der Waals surface area contributed by atoms with Crippen LogP contribution in [0.5, 0.6) is 0 Å². The van der Waals surface area contributed by atoms with Crippen molar-refractivity contribution >= 4 is 182 Å². The average Bonchev–Trinajstić information content (AvgIpc) is 0.770. The Labute approximate surface area is 806 Å². The summed E-state index contributed by atoms with van der Waals surface area (Å²) in [6.45, 7) is 9.62. The van der Waals surface area contributed by atoms with Gasteiger partial charge in [-0.2, -0.15) is 40.9 Å². The molecule has 2 aliphatic rings. The first-order valence-electron chi connectivity index (χ1n) is 44.8. The van der Waals surface area contributed by atoms with Crippen molar-refractivity contribution in [3.8, 4) is 0 Å². The number of carbonyl (C=O) groups excluding carboxylic acids is 8. The van der Waals surface area contributed by atoms with Gasteiger partial charge in [0.1, 0.15) is 5.78 Å². The quantitative estimate of drug-likeness (QED) is 0.00529. The minimum absolute atomic E-state index is 0. The number of alkyl halides is 2. The molecule has 0 heterocycles. The van der Waals surface area contributed by atoms with Gasteiger partial charge in [0.25, 0.3) is 0 Å². The maximum Gasteiger partial charge on any atom is 0.224 e. The number of benzene rings is 10. The molecule has 10 aromatic rings. The predicted octanol–water partition coefficient (Wildman–Crippen LogP) is 30.9. The average molecular weight is 2020 g/mol. The van der Waals surface area contributed by atoms with Crippen molar-refractivity contribution in [3.05, 3.63) is 285 Å². The number of nitrogens with two attached hydrogens (primary N) is 3. The third-order valence-electron chi connectivity index (χ3n) is 21.6. The Morgan fingerprint density at radius 2 is 0.531 bits per heavy atom. The van der Waals surface area contributed by atoms with Crippen molar-refractivity contribution in [1.82, 2.24) is 0 Å². The van der Waals surface area contributed by atoms with Gasteiger partial charge >= 0.3 is 0 Å². The van der Waals surface area contributed by atoms with E-state index in [9.17, 15) is 38.4 Å². The second kappa shape index (κ2) is 61.7. The van der Waals surface area contributed by atoms with Gasteiger partial charge in [0.15, 0.2) is 23.1 Å². The Morgan fingerprint density at radius 3 is 0.785 bits per heavy atom. The summed E-state index contributed by atoms with van der Waals surface area (Å²) >= 11 is 14.6. The van der Waals surface area contributed by atoms with Gasteiger partial charge in [-0.3, -0.25) is 33.6 Å². The summed E-state index contributed by atoms with van der Waals surface area (Å²) in [6, 6.07) is 68.2. The van der Waals surface area contributed by atoms with Crippen LogP contribution < -0.4 is 22.5 Å². The molecule has 0 bridgehead atoms. The van der Waals surface area contributed by atoms with E-state index in [2.05, 4.69) is 149 Å². The molecule has 2 aliphatic carbocycles. The maximum atomic E-state index is 12.8. The van der Waals surface area contributed by atoms with E-state index in [0.29, 0.717) is 51.7 Å². The number of unbranched alkanes of at least 4 members (excludes halogenated alkanes) is 16. The number of anilines is 4. The number of fused-ring (bicyclic) bond motifs is 2. The Kier molecular flexibility index (Phi) is 51.3. The maximum absolute atomic E-state index is 12.8. The topological polar surface area (TPSA) is 326 Å². The van der Waals surface area contributed by atoms with Crippen LogP contribution in [0, 0.1) is 0 Å². The van der Waals surface area contributed by atoms with E-state index in [1.54, 1.807) is 44.2 Å². The third-order valence-corrected chi connectivity index (χ3v) is 23.4. The van der Waals surface area contributed by atoms with Crippen LogP contribution in [0.4, 0.5) is 68.2 Å². The first-order valence-corrected chi connectivity index (χ1v) is 48.6.